The quantitative estimate of drug-likeness (QED) is 0.943. The summed E-state index contributed by atoms with van der Waals surface area (Å²) in [6.07, 6.45) is 0.570. The highest BCUT2D eigenvalue weighted by molar-refractivity contribution is 9.11. The molecular weight excluding hydrogens is 302 g/mol. The molecule has 3 nitrogen and oxygen atoms in total. The molecule has 1 heterocycles. The molecule has 0 spiro atoms. The maximum Gasteiger partial charge on any atom is 0.124 e. The predicted octanol–water partition coefficient (Wildman–Crippen LogP) is 3.12. The fraction of sp³-hybridized carbons (Fsp3) is 0.250. The van der Waals surface area contributed by atoms with Gasteiger partial charge in [0.2, 0.25) is 0 Å². The molecule has 0 aliphatic rings. The molecule has 0 radical (unpaired) electrons. The first-order valence-electron chi connectivity index (χ1n) is 5.15. The van der Waals surface area contributed by atoms with Gasteiger partial charge < -0.3 is 9.84 Å². The number of halogens is 1. The second-order valence-corrected chi connectivity index (χ2v) is 5.76. The van der Waals surface area contributed by atoms with E-state index in [4.69, 9.17) is 9.84 Å². The maximum atomic E-state index is 8.93. The van der Waals surface area contributed by atoms with E-state index in [0.717, 1.165) is 25.8 Å². The Kier molecular flexibility index (Phi) is 4.15. The second kappa shape index (κ2) is 5.62. The van der Waals surface area contributed by atoms with Crippen LogP contribution in [0.3, 0.4) is 0 Å². The van der Waals surface area contributed by atoms with Gasteiger partial charge >= 0.3 is 0 Å². The molecule has 0 aliphatic heterocycles. The Morgan fingerprint density at radius 1 is 1.47 bits per heavy atom. The lowest BCUT2D eigenvalue weighted by molar-refractivity contribution is 0.298. The predicted molar refractivity (Wildman–Crippen MR) is 72.6 cm³/mol. The van der Waals surface area contributed by atoms with E-state index in [1.807, 2.05) is 24.3 Å². The molecule has 2 rings (SSSR count). The topological polar surface area (TPSA) is 42.4 Å². The Morgan fingerprint density at radius 2 is 2.29 bits per heavy atom. The molecule has 0 amide bonds. The molecule has 1 aromatic carbocycles. The van der Waals surface area contributed by atoms with Crippen LogP contribution >= 0.6 is 27.3 Å². The maximum absolute atomic E-state index is 8.93. The van der Waals surface area contributed by atoms with Crippen molar-refractivity contribution in [3.63, 3.8) is 0 Å². The van der Waals surface area contributed by atoms with E-state index in [-0.39, 0.29) is 6.61 Å². The van der Waals surface area contributed by atoms with E-state index in [9.17, 15) is 0 Å². The minimum atomic E-state index is 0.111. The molecule has 0 aliphatic carbocycles. The highest BCUT2D eigenvalue weighted by Gasteiger charge is 2.10. The average molecular weight is 314 g/mol. The van der Waals surface area contributed by atoms with Crippen LogP contribution in [0.5, 0.6) is 5.75 Å². The highest BCUT2D eigenvalue weighted by Crippen LogP contribution is 2.33. The second-order valence-electron chi connectivity index (χ2n) is 3.44. The van der Waals surface area contributed by atoms with Gasteiger partial charge in [-0.15, -0.1) is 11.3 Å². The van der Waals surface area contributed by atoms with Gasteiger partial charge in [-0.2, -0.15) is 0 Å². The normalized spacial score (nSPS) is 10.5. The van der Waals surface area contributed by atoms with Crippen LogP contribution in [0.1, 0.15) is 5.69 Å². The summed E-state index contributed by atoms with van der Waals surface area (Å²) in [4.78, 5) is 4.50. The van der Waals surface area contributed by atoms with Crippen molar-refractivity contribution in [3.05, 3.63) is 33.7 Å². The summed E-state index contributed by atoms with van der Waals surface area (Å²) in [5, 5.41) is 9.86. The summed E-state index contributed by atoms with van der Waals surface area (Å²) in [5.41, 5.74) is 1.93. The van der Waals surface area contributed by atoms with Crippen molar-refractivity contribution in [2.45, 2.75) is 6.42 Å². The molecule has 0 saturated heterocycles. The number of hydrogen-bond donors (Lipinski definition) is 1. The molecule has 1 N–H and O–H groups in total. The molecule has 1 aromatic heterocycles. The zero-order chi connectivity index (χ0) is 12.3. The zero-order valence-electron chi connectivity index (χ0n) is 9.31. The third-order valence-corrected chi connectivity index (χ3v) is 4.19. The number of hydrogen-bond acceptors (Lipinski definition) is 4. The highest BCUT2D eigenvalue weighted by atomic mass is 79.9. The molecule has 0 saturated carbocycles. The minimum absolute atomic E-state index is 0.111. The number of rotatable bonds is 4. The van der Waals surface area contributed by atoms with Crippen LogP contribution in [0, 0.1) is 0 Å². The Hall–Kier alpha value is -0.910. The number of aromatic nitrogens is 1. The van der Waals surface area contributed by atoms with Crippen molar-refractivity contribution < 1.29 is 9.84 Å². The van der Waals surface area contributed by atoms with Gasteiger partial charge in [0.15, 0.2) is 0 Å². The van der Waals surface area contributed by atoms with Crippen LogP contribution in [-0.2, 0) is 6.42 Å². The minimum Gasteiger partial charge on any atom is -0.497 e. The molecule has 0 fully saturated rings. The summed E-state index contributed by atoms with van der Waals surface area (Å²) >= 11 is 5.03. The average Bonchev–Trinajstić information content (AvgIpc) is 2.72. The summed E-state index contributed by atoms with van der Waals surface area (Å²) in [6.45, 7) is 0.111. The number of nitrogens with zero attached hydrogens (tertiary/aromatic N) is 1. The Morgan fingerprint density at radius 3 is 3.00 bits per heavy atom. The van der Waals surface area contributed by atoms with Crippen LogP contribution in [-0.4, -0.2) is 23.8 Å². The molecule has 0 unspecified atom stereocenters. The molecule has 5 heteroatoms. The zero-order valence-corrected chi connectivity index (χ0v) is 11.7. The van der Waals surface area contributed by atoms with E-state index >= 15 is 0 Å². The Balaban J connectivity index is 2.35. The van der Waals surface area contributed by atoms with Crippen LogP contribution in [0.25, 0.3) is 10.6 Å². The van der Waals surface area contributed by atoms with Crippen LogP contribution in [0.2, 0.25) is 0 Å². The van der Waals surface area contributed by atoms with Crippen molar-refractivity contribution in [2.75, 3.05) is 13.7 Å². The van der Waals surface area contributed by atoms with Gasteiger partial charge in [0.05, 0.1) is 16.6 Å². The Labute approximate surface area is 112 Å². The van der Waals surface area contributed by atoms with Gasteiger partial charge in [-0.1, -0.05) is 12.1 Å². The van der Waals surface area contributed by atoms with E-state index in [2.05, 4.69) is 20.9 Å². The molecule has 17 heavy (non-hydrogen) atoms. The van der Waals surface area contributed by atoms with Crippen molar-refractivity contribution >= 4 is 27.3 Å². The van der Waals surface area contributed by atoms with E-state index in [1.165, 1.54) is 0 Å². The summed E-state index contributed by atoms with van der Waals surface area (Å²) in [6, 6.07) is 7.79. The Bertz CT molecular complexity index is 513. The van der Waals surface area contributed by atoms with E-state index in [1.54, 1.807) is 18.4 Å². The summed E-state index contributed by atoms with van der Waals surface area (Å²) in [5.74, 6) is 0.817. The van der Waals surface area contributed by atoms with Crippen molar-refractivity contribution in [1.82, 2.24) is 4.98 Å². The monoisotopic (exact) mass is 313 g/mol. The number of aliphatic hydroxyl groups is 1. The standard InChI is InChI=1S/C12H12BrNO2S/c1-16-9-4-2-3-8(7-9)12-14-10(5-6-15)11(13)17-12/h2-4,7,15H,5-6H2,1H3. The SMILES string of the molecule is COc1cccc(-c2nc(CCO)c(Br)s2)c1. The van der Waals surface area contributed by atoms with Gasteiger partial charge in [-0.3, -0.25) is 0 Å². The molecule has 90 valence electrons. The van der Waals surface area contributed by atoms with Gasteiger partial charge in [0.1, 0.15) is 10.8 Å². The lowest BCUT2D eigenvalue weighted by atomic mass is 10.2. The van der Waals surface area contributed by atoms with E-state index in [0.29, 0.717) is 6.42 Å². The number of benzene rings is 1. The third kappa shape index (κ3) is 2.86. The lowest BCUT2D eigenvalue weighted by Crippen LogP contribution is -1.91. The summed E-state index contributed by atoms with van der Waals surface area (Å²) in [7, 11) is 1.65. The number of aliphatic hydroxyl groups excluding tert-OH is 1. The van der Waals surface area contributed by atoms with Gasteiger partial charge in [-0.05, 0) is 28.1 Å². The smallest absolute Gasteiger partial charge is 0.124 e. The van der Waals surface area contributed by atoms with Crippen LogP contribution in [0.4, 0.5) is 0 Å². The summed E-state index contributed by atoms with van der Waals surface area (Å²) < 4.78 is 6.16. The van der Waals surface area contributed by atoms with Crippen molar-refractivity contribution in [1.29, 1.82) is 0 Å². The molecular formula is C12H12BrNO2S. The van der Waals surface area contributed by atoms with E-state index < -0.39 is 0 Å². The van der Waals surface area contributed by atoms with Gasteiger partial charge in [0.25, 0.3) is 0 Å². The first kappa shape index (κ1) is 12.5. The largest absolute Gasteiger partial charge is 0.497 e. The molecule has 2 aromatic rings. The van der Waals surface area contributed by atoms with Gasteiger partial charge in [-0.25, -0.2) is 4.98 Å². The van der Waals surface area contributed by atoms with Crippen LogP contribution < -0.4 is 4.74 Å². The third-order valence-electron chi connectivity index (χ3n) is 2.31. The van der Waals surface area contributed by atoms with Crippen molar-refractivity contribution in [3.8, 4) is 16.3 Å². The fourth-order valence-electron chi connectivity index (χ4n) is 1.47. The first-order valence-corrected chi connectivity index (χ1v) is 6.76. The number of methoxy groups -OCH3 is 1. The lowest BCUT2D eigenvalue weighted by Gasteiger charge is -2.01. The fourth-order valence-corrected chi connectivity index (χ4v) is 3.06. The molecule has 0 atom stereocenters. The molecule has 0 bridgehead atoms. The number of thiazole rings is 1. The van der Waals surface area contributed by atoms with Gasteiger partial charge in [0, 0.05) is 18.6 Å². The number of ether oxygens (including phenoxy) is 1. The van der Waals surface area contributed by atoms with Crippen LogP contribution in [0.15, 0.2) is 28.1 Å². The first-order chi connectivity index (χ1) is 8.24. The van der Waals surface area contributed by atoms with Crippen molar-refractivity contribution in [2.24, 2.45) is 0 Å².